The summed E-state index contributed by atoms with van der Waals surface area (Å²) in [6.45, 7) is 7.34. The zero-order valence-electron chi connectivity index (χ0n) is 15.7. The van der Waals surface area contributed by atoms with Crippen LogP contribution < -0.4 is 0 Å². The van der Waals surface area contributed by atoms with Gasteiger partial charge >= 0.3 is 30.2 Å². The third kappa shape index (κ3) is 7.53. The van der Waals surface area contributed by atoms with E-state index in [1.54, 1.807) is 0 Å². The summed E-state index contributed by atoms with van der Waals surface area (Å²) in [6, 6.07) is 25.5. The van der Waals surface area contributed by atoms with Gasteiger partial charge in [0, 0.05) is 0 Å². The molecule has 4 aromatic rings. The van der Waals surface area contributed by atoms with Crippen molar-refractivity contribution in [2.45, 2.75) is 13.8 Å². The molecule has 0 amide bonds. The van der Waals surface area contributed by atoms with E-state index in [1.807, 2.05) is 0 Å². The van der Waals surface area contributed by atoms with Crippen LogP contribution in [0.3, 0.4) is 0 Å². The van der Waals surface area contributed by atoms with Gasteiger partial charge in [0.15, 0.2) is 0 Å². The Labute approximate surface area is 188 Å². The van der Waals surface area contributed by atoms with Gasteiger partial charge in [-0.05, 0) is 13.8 Å². The molecule has 0 nitrogen and oxygen atoms in total. The minimum atomic E-state index is 0. The molecule has 4 rings (SSSR count). The first-order valence-electron chi connectivity index (χ1n) is 7.23. The fourth-order valence-corrected chi connectivity index (χ4v) is 2.65. The van der Waals surface area contributed by atoms with Crippen molar-refractivity contribution < 1.29 is 23.3 Å². The SMILES string of the molecule is Cc1cccc2[cH-]ccc12.Cc1cccc2[cH-]ccc12.Cl.Cl.[CH3-].[CH3-].[Si]=[Zr]. The van der Waals surface area contributed by atoms with E-state index in [0.29, 0.717) is 0 Å². The average molecular weight is 481 g/mol. The van der Waals surface area contributed by atoms with E-state index in [4.69, 9.17) is 0 Å². The summed E-state index contributed by atoms with van der Waals surface area (Å²) in [5.74, 6) is 0. The van der Waals surface area contributed by atoms with Crippen LogP contribution in [0.2, 0.25) is 0 Å². The van der Waals surface area contributed by atoms with E-state index in [1.165, 1.54) is 56.0 Å². The van der Waals surface area contributed by atoms with Crippen molar-refractivity contribution in [3.8, 4) is 0 Å². The standard InChI is InChI=1S/2C10H9.2CH3.2ClH.Si.Zr/c2*1-8-4-2-5-9-6-3-7-10(8)9;;;;;;/h2*2-7H,1H3;2*1H3;2*1H;;/q4*-1;;;;. The predicted molar refractivity (Wildman–Crippen MR) is 122 cm³/mol. The maximum atomic E-state index is 3.06. The van der Waals surface area contributed by atoms with Crippen LogP contribution in [0, 0.1) is 28.7 Å². The zero-order chi connectivity index (χ0) is 15.9. The van der Waals surface area contributed by atoms with Gasteiger partial charge in [0.1, 0.15) is 0 Å². The third-order valence-corrected chi connectivity index (χ3v) is 3.79. The van der Waals surface area contributed by atoms with Crippen LogP contribution in [-0.4, -0.2) is 6.88 Å². The molecule has 0 saturated heterocycles. The van der Waals surface area contributed by atoms with E-state index >= 15 is 0 Å². The molecule has 0 aliphatic carbocycles. The van der Waals surface area contributed by atoms with Crippen molar-refractivity contribution in [2.24, 2.45) is 0 Å². The van der Waals surface area contributed by atoms with Gasteiger partial charge in [-0.1, -0.05) is 23.3 Å². The number of fused-ring (bicyclic) bond motifs is 2. The number of aryl methyl sites for hydroxylation is 2. The van der Waals surface area contributed by atoms with E-state index in [9.17, 15) is 0 Å². The molecule has 0 saturated carbocycles. The van der Waals surface area contributed by atoms with Gasteiger partial charge in [0.2, 0.25) is 0 Å². The molecule has 0 N–H and O–H groups in total. The van der Waals surface area contributed by atoms with E-state index in [0.717, 1.165) is 0 Å². The monoisotopic (exact) mass is 478 g/mol. The molecular formula is C22H26Cl2SiZr-4. The minimum absolute atomic E-state index is 0. The van der Waals surface area contributed by atoms with Crippen LogP contribution in [0.5, 0.6) is 0 Å². The Bertz CT molecular complexity index is 792. The maximum absolute atomic E-state index is 3.06. The van der Waals surface area contributed by atoms with Crippen molar-refractivity contribution in [3.63, 3.8) is 0 Å². The van der Waals surface area contributed by atoms with Crippen LogP contribution in [0.25, 0.3) is 21.5 Å². The van der Waals surface area contributed by atoms with Crippen molar-refractivity contribution in [1.29, 1.82) is 0 Å². The van der Waals surface area contributed by atoms with Gasteiger partial charge in [-0.3, -0.25) is 0 Å². The van der Waals surface area contributed by atoms with Gasteiger partial charge in [-0.25, -0.2) is 0 Å². The summed E-state index contributed by atoms with van der Waals surface area (Å²) in [5.41, 5.74) is 2.73. The summed E-state index contributed by atoms with van der Waals surface area (Å²) < 4.78 is 0. The molecule has 0 spiro atoms. The fraction of sp³-hybridized carbons (Fsp3) is 0.0909. The van der Waals surface area contributed by atoms with Crippen molar-refractivity contribution in [1.82, 2.24) is 0 Å². The fourth-order valence-electron chi connectivity index (χ4n) is 2.65. The Kier molecular flexibility index (Phi) is 17.8. The molecule has 2 radical (unpaired) electrons. The molecule has 0 unspecified atom stereocenters. The molecule has 140 valence electrons. The topological polar surface area (TPSA) is 0 Å². The van der Waals surface area contributed by atoms with E-state index in [2.05, 4.69) is 93.5 Å². The zero-order valence-corrected chi connectivity index (χ0v) is 20.8. The summed E-state index contributed by atoms with van der Waals surface area (Å²) in [6.07, 6.45) is 0. The van der Waals surface area contributed by atoms with Crippen LogP contribution in [0.1, 0.15) is 11.1 Å². The molecule has 4 aromatic carbocycles. The van der Waals surface area contributed by atoms with Crippen LogP contribution in [0.4, 0.5) is 0 Å². The first kappa shape index (κ1) is 30.1. The Balaban J connectivity index is -0.000000326. The number of halogens is 2. The van der Waals surface area contributed by atoms with Crippen molar-refractivity contribution >= 4 is 53.2 Å². The number of rotatable bonds is 0. The molecule has 0 heterocycles. The molecule has 26 heavy (non-hydrogen) atoms. The quantitative estimate of drug-likeness (QED) is 0.186. The van der Waals surface area contributed by atoms with E-state index < -0.39 is 0 Å². The van der Waals surface area contributed by atoms with Crippen LogP contribution in [-0.2, 0) is 23.3 Å². The Morgan fingerprint density at radius 2 is 1.00 bits per heavy atom. The third-order valence-electron chi connectivity index (χ3n) is 3.79. The normalized spacial score (nSPS) is 8.19. The number of benzene rings is 2. The second-order valence-electron chi connectivity index (χ2n) is 5.21. The molecule has 0 aliphatic rings. The van der Waals surface area contributed by atoms with E-state index in [-0.39, 0.29) is 39.7 Å². The first-order valence-corrected chi connectivity index (χ1v) is 11.4. The van der Waals surface area contributed by atoms with Crippen molar-refractivity contribution in [2.75, 3.05) is 0 Å². The van der Waals surface area contributed by atoms with Gasteiger partial charge in [-0.2, -0.15) is 24.3 Å². The molecule has 0 atom stereocenters. The van der Waals surface area contributed by atoms with Crippen molar-refractivity contribution in [3.05, 3.63) is 98.8 Å². The van der Waals surface area contributed by atoms with Gasteiger partial charge in [0.25, 0.3) is 0 Å². The Morgan fingerprint density at radius 3 is 1.31 bits per heavy atom. The Hall–Kier alpha value is -0.660. The van der Waals surface area contributed by atoms with Gasteiger partial charge in [-0.15, -0.1) is 82.8 Å². The Morgan fingerprint density at radius 1 is 0.654 bits per heavy atom. The predicted octanol–water partition coefficient (Wildman–Crippen LogP) is 7.10. The summed E-state index contributed by atoms with van der Waals surface area (Å²) in [4.78, 5) is 0. The second-order valence-corrected chi connectivity index (χ2v) is 5.21. The second kappa shape index (κ2) is 15.4. The summed E-state index contributed by atoms with van der Waals surface area (Å²) in [5, 5.41) is 5.45. The molecule has 4 heteroatoms. The molecule has 0 aliphatic heterocycles. The molecule has 0 aromatic heterocycles. The number of hydrogen-bond acceptors (Lipinski definition) is 0. The van der Waals surface area contributed by atoms with Crippen LogP contribution in [0.15, 0.2) is 72.8 Å². The van der Waals surface area contributed by atoms with Crippen LogP contribution >= 0.6 is 24.8 Å². The molecule has 0 fully saturated rings. The summed E-state index contributed by atoms with van der Waals surface area (Å²) >= 11 is 1.36. The molecule has 0 bridgehead atoms. The summed E-state index contributed by atoms with van der Waals surface area (Å²) in [7, 11) is 0. The number of hydrogen-bond donors (Lipinski definition) is 0. The average Bonchev–Trinajstić information content (AvgIpc) is 3.20. The first-order chi connectivity index (χ1) is 10.8. The van der Waals surface area contributed by atoms with Gasteiger partial charge < -0.3 is 14.9 Å². The molecular weight excluding hydrogens is 454 g/mol. The van der Waals surface area contributed by atoms with Gasteiger partial charge in [0.05, 0.1) is 0 Å².